The molecule has 3 rings (SSSR count). The summed E-state index contributed by atoms with van der Waals surface area (Å²) >= 11 is 0. The van der Waals surface area contributed by atoms with Gasteiger partial charge in [0.15, 0.2) is 0 Å². The highest BCUT2D eigenvalue weighted by Crippen LogP contribution is 2.40. The van der Waals surface area contributed by atoms with Crippen molar-refractivity contribution in [3.8, 4) is 0 Å². The van der Waals surface area contributed by atoms with Crippen LogP contribution in [0.2, 0.25) is 6.04 Å². The van der Waals surface area contributed by atoms with Gasteiger partial charge in [-0.1, -0.05) is 67.1 Å². The van der Waals surface area contributed by atoms with Gasteiger partial charge in [0.1, 0.15) is 0 Å². The largest absolute Gasteiger partial charge is 0.406 e. The third kappa shape index (κ3) is 5.18. The highest BCUT2D eigenvalue weighted by Gasteiger charge is 2.60. The van der Waals surface area contributed by atoms with Crippen LogP contribution in [0.4, 0.5) is 0 Å². The van der Waals surface area contributed by atoms with Crippen molar-refractivity contribution < 1.29 is 27.2 Å². The Hall–Kier alpha value is -1.37. The molecule has 1 fully saturated rings. The minimum Gasteiger partial charge on any atom is -0.395 e. The number of rotatable bonds is 8. The van der Waals surface area contributed by atoms with E-state index in [0.29, 0.717) is 0 Å². The van der Waals surface area contributed by atoms with Gasteiger partial charge in [0.25, 0.3) is 0 Å². The van der Waals surface area contributed by atoms with E-state index < -0.39 is 22.5 Å². The van der Waals surface area contributed by atoms with Crippen molar-refractivity contribution in [2.45, 2.75) is 30.7 Å². The molecule has 1 aliphatic rings. The van der Waals surface area contributed by atoms with Gasteiger partial charge in [-0.2, -0.15) is 0 Å². The van der Waals surface area contributed by atoms with E-state index in [0.717, 1.165) is 35.7 Å². The third-order valence-electron chi connectivity index (χ3n) is 6.04. The molecule has 1 saturated heterocycles. The van der Waals surface area contributed by atoms with Crippen molar-refractivity contribution in [3.63, 3.8) is 0 Å². The predicted molar refractivity (Wildman–Crippen MR) is 127 cm³/mol. The van der Waals surface area contributed by atoms with Crippen LogP contribution < -0.4 is 10.4 Å². The Morgan fingerprint density at radius 2 is 1.13 bits per heavy atom. The van der Waals surface area contributed by atoms with Crippen LogP contribution in [0.5, 0.6) is 0 Å². The lowest BCUT2D eigenvalue weighted by Gasteiger charge is -2.46. The number of benzene rings is 2. The molecule has 0 aliphatic carbocycles. The summed E-state index contributed by atoms with van der Waals surface area (Å²) in [5.41, 5.74) is -0.630. The summed E-state index contributed by atoms with van der Waals surface area (Å²) in [7, 11) is 5.28. The lowest BCUT2D eigenvalue weighted by atomic mass is 10.2. The van der Waals surface area contributed by atoms with E-state index in [9.17, 15) is 0 Å². The maximum Gasteiger partial charge on any atom is 0.406 e. The Kier molecular flexibility index (Phi) is 10.0. The molecule has 0 aromatic heterocycles. The molecule has 2 aromatic rings. The summed E-state index contributed by atoms with van der Waals surface area (Å²) < 4.78 is 33.8. The van der Waals surface area contributed by atoms with Gasteiger partial charge in [-0.15, -0.1) is 0 Å². The number of ether oxygens (including phenoxy) is 2. The van der Waals surface area contributed by atoms with Crippen molar-refractivity contribution in [1.29, 1.82) is 0 Å². The molecule has 172 valence electrons. The van der Waals surface area contributed by atoms with E-state index in [1.807, 2.05) is 36.4 Å². The van der Waals surface area contributed by atoms with Crippen LogP contribution in [-0.4, -0.2) is 65.2 Å². The summed E-state index contributed by atoms with van der Waals surface area (Å²) in [6.45, 7) is 0. The second kappa shape index (κ2) is 12.0. The van der Waals surface area contributed by atoms with E-state index in [-0.39, 0.29) is 0 Å². The highest BCUT2D eigenvalue weighted by atomic mass is 28.4. The maximum absolute atomic E-state index is 5.78. The molecule has 0 atom stereocenters. The molecule has 31 heavy (non-hydrogen) atoms. The van der Waals surface area contributed by atoms with Crippen LogP contribution in [0.1, 0.15) is 19.3 Å². The van der Waals surface area contributed by atoms with Gasteiger partial charge in [0.05, 0.1) is 0 Å². The summed E-state index contributed by atoms with van der Waals surface area (Å²) in [5, 5.41) is 2.24. The lowest BCUT2D eigenvalue weighted by Crippen LogP contribution is -2.65. The number of hydrogen-bond acceptors (Lipinski definition) is 6. The zero-order chi connectivity index (χ0) is 22.8. The average Bonchev–Trinajstić information content (AvgIpc) is 2.86. The normalized spacial score (nSPS) is 17.5. The Labute approximate surface area is 188 Å². The fourth-order valence-corrected chi connectivity index (χ4v) is 10.5. The molecule has 0 amide bonds. The summed E-state index contributed by atoms with van der Waals surface area (Å²) in [6.07, 6.45) is 3.08. The van der Waals surface area contributed by atoms with Gasteiger partial charge in [-0.25, -0.2) is 0 Å². The molecule has 1 aliphatic heterocycles. The number of methoxy groups -OCH3 is 2. The summed E-state index contributed by atoms with van der Waals surface area (Å²) in [5.74, 6) is 0. The first kappa shape index (κ1) is 25.9. The van der Waals surface area contributed by atoms with Gasteiger partial charge in [-0.3, -0.25) is 0 Å². The Bertz CT molecular complexity index is 686. The third-order valence-corrected chi connectivity index (χ3v) is 13.5. The fraction of sp³-hybridized carbons (Fsp3) is 0.478. The molecular weight excluding hydrogens is 428 g/mol. The minimum atomic E-state index is -2.50. The van der Waals surface area contributed by atoms with Crippen LogP contribution in [0.25, 0.3) is 0 Å². The average molecular weight is 465 g/mol. The fourth-order valence-electron chi connectivity index (χ4n) is 4.33. The summed E-state index contributed by atoms with van der Waals surface area (Å²) in [4.78, 5) is 0. The highest BCUT2D eigenvalue weighted by molar-refractivity contribution is 6.92. The quantitative estimate of drug-likeness (QED) is 0.442. The van der Waals surface area contributed by atoms with E-state index in [2.05, 4.69) is 24.3 Å². The first-order valence-corrected chi connectivity index (χ1v) is 14.3. The molecule has 0 radical (unpaired) electrons. The SMILES string of the molecule is COC1(OC)CCCC[Si]1(OC)OC.CO[Si](OC)(c1ccccc1)c1ccccc1. The van der Waals surface area contributed by atoms with Crippen molar-refractivity contribution in [1.82, 2.24) is 0 Å². The number of hydrogen-bond donors (Lipinski definition) is 0. The van der Waals surface area contributed by atoms with Gasteiger partial charge >= 0.3 is 17.1 Å². The first-order valence-electron chi connectivity index (χ1n) is 10.5. The molecule has 8 heteroatoms. The lowest BCUT2D eigenvalue weighted by molar-refractivity contribution is -0.183. The molecule has 6 nitrogen and oxygen atoms in total. The van der Waals surface area contributed by atoms with Gasteiger partial charge in [0, 0.05) is 49.1 Å². The standard InChI is InChI=1S/C14H16O2Si.C9H20O4Si/c1-15-17(16-2,13-9-5-3-6-10-13)14-11-7-4-8-12-14;1-10-9(11-2)7-5-6-8-14(9,12-3)13-4/h3-12H,1-2H3;5-8H2,1-4H3. The molecule has 2 aromatic carbocycles. The molecular formula is C23H36O6Si2. The van der Waals surface area contributed by atoms with E-state index >= 15 is 0 Å². The Balaban J connectivity index is 0.000000225. The molecule has 0 bridgehead atoms. The molecule has 0 unspecified atom stereocenters. The Morgan fingerprint density at radius 3 is 1.45 bits per heavy atom. The Morgan fingerprint density at radius 1 is 0.677 bits per heavy atom. The zero-order valence-corrected chi connectivity index (χ0v) is 21.6. The van der Waals surface area contributed by atoms with Crippen LogP contribution in [-0.2, 0) is 27.2 Å². The molecule has 0 saturated carbocycles. The van der Waals surface area contributed by atoms with Crippen molar-refractivity contribution >= 4 is 27.5 Å². The van der Waals surface area contributed by atoms with Crippen LogP contribution in [0, 0.1) is 0 Å². The van der Waals surface area contributed by atoms with Gasteiger partial charge in [0.2, 0.25) is 5.41 Å². The van der Waals surface area contributed by atoms with E-state index in [1.54, 1.807) is 42.7 Å². The monoisotopic (exact) mass is 464 g/mol. The van der Waals surface area contributed by atoms with Gasteiger partial charge in [-0.05, 0) is 22.8 Å². The first-order chi connectivity index (χ1) is 15.0. The van der Waals surface area contributed by atoms with Crippen molar-refractivity contribution in [2.24, 2.45) is 0 Å². The van der Waals surface area contributed by atoms with Crippen LogP contribution in [0.3, 0.4) is 0 Å². The van der Waals surface area contributed by atoms with Crippen molar-refractivity contribution in [3.05, 3.63) is 60.7 Å². The topological polar surface area (TPSA) is 55.4 Å². The molecule has 1 heterocycles. The zero-order valence-electron chi connectivity index (χ0n) is 19.6. The summed E-state index contributed by atoms with van der Waals surface area (Å²) in [6, 6.07) is 21.2. The predicted octanol–water partition coefficient (Wildman–Crippen LogP) is 2.97. The van der Waals surface area contributed by atoms with E-state index in [1.165, 1.54) is 0 Å². The molecule has 0 N–H and O–H groups in total. The maximum atomic E-state index is 5.78. The van der Waals surface area contributed by atoms with Crippen molar-refractivity contribution in [2.75, 3.05) is 42.7 Å². The smallest absolute Gasteiger partial charge is 0.395 e. The minimum absolute atomic E-state index is 0.630. The van der Waals surface area contributed by atoms with E-state index in [4.69, 9.17) is 27.2 Å². The second-order valence-electron chi connectivity index (χ2n) is 7.29. The van der Waals surface area contributed by atoms with Crippen LogP contribution in [0.15, 0.2) is 60.7 Å². The molecule has 0 spiro atoms. The second-order valence-corrected chi connectivity index (χ2v) is 14.1. The van der Waals surface area contributed by atoms with Crippen LogP contribution >= 0.6 is 0 Å². The van der Waals surface area contributed by atoms with Gasteiger partial charge < -0.3 is 27.2 Å².